The van der Waals surface area contributed by atoms with Crippen LogP contribution in [0.4, 0.5) is 0 Å². The Labute approximate surface area is 164 Å². The first-order valence-electron chi connectivity index (χ1n) is 10.2. The average molecular weight is 381 g/mol. The fourth-order valence-electron chi connectivity index (χ4n) is 4.02. The molecule has 0 spiro atoms. The van der Waals surface area contributed by atoms with Crippen molar-refractivity contribution in [2.75, 3.05) is 26.2 Å². The minimum atomic E-state index is -0.198. The molecule has 3 aromatic rings. The first-order valence-corrected chi connectivity index (χ1v) is 10.2. The van der Waals surface area contributed by atoms with Crippen LogP contribution in [-0.4, -0.2) is 50.9 Å². The van der Waals surface area contributed by atoms with Gasteiger partial charge in [-0.3, -0.25) is 14.2 Å². The lowest BCUT2D eigenvalue weighted by atomic mass is 10.2. The molecule has 3 aromatic heterocycles. The summed E-state index contributed by atoms with van der Waals surface area (Å²) in [6.07, 6.45) is 9.62. The summed E-state index contributed by atoms with van der Waals surface area (Å²) in [5, 5.41) is 2.96. The smallest absolute Gasteiger partial charge is 0.276 e. The molecule has 1 aliphatic rings. The van der Waals surface area contributed by atoms with Crippen LogP contribution in [0.1, 0.15) is 32.1 Å². The van der Waals surface area contributed by atoms with Crippen molar-refractivity contribution in [1.29, 1.82) is 0 Å². The van der Waals surface area contributed by atoms with Crippen molar-refractivity contribution in [3.05, 3.63) is 47.0 Å². The number of amides is 1. The van der Waals surface area contributed by atoms with Gasteiger partial charge in [-0.25, -0.2) is 4.98 Å². The van der Waals surface area contributed by atoms with Crippen molar-refractivity contribution in [1.82, 2.24) is 24.2 Å². The normalized spacial score (nSPS) is 15.7. The highest BCUT2D eigenvalue weighted by molar-refractivity contribution is 5.80. The number of nitrogens with zero attached hydrogens (tertiary/aromatic N) is 4. The van der Waals surface area contributed by atoms with Crippen molar-refractivity contribution in [2.24, 2.45) is 0 Å². The highest BCUT2D eigenvalue weighted by atomic mass is 16.2. The van der Waals surface area contributed by atoms with Gasteiger partial charge in [-0.1, -0.05) is 12.8 Å². The van der Waals surface area contributed by atoms with Gasteiger partial charge in [-0.15, -0.1) is 0 Å². The number of likely N-dealkylation sites (tertiary alicyclic amines) is 1. The van der Waals surface area contributed by atoms with E-state index in [1.807, 2.05) is 28.8 Å². The van der Waals surface area contributed by atoms with E-state index >= 15 is 0 Å². The Bertz CT molecular complexity index is 1010. The summed E-state index contributed by atoms with van der Waals surface area (Å²) in [7, 11) is 0. The zero-order chi connectivity index (χ0) is 19.3. The lowest BCUT2D eigenvalue weighted by molar-refractivity contribution is -0.121. The highest BCUT2D eigenvalue weighted by Crippen LogP contribution is 2.13. The second-order valence-corrected chi connectivity index (χ2v) is 7.46. The molecule has 148 valence electrons. The van der Waals surface area contributed by atoms with Crippen LogP contribution in [0.15, 0.2) is 41.5 Å². The summed E-state index contributed by atoms with van der Waals surface area (Å²) >= 11 is 0. The lowest BCUT2D eigenvalue weighted by Gasteiger charge is -2.19. The third kappa shape index (κ3) is 3.94. The van der Waals surface area contributed by atoms with Gasteiger partial charge in [0.25, 0.3) is 5.56 Å². The van der Waals surface area contributed by atoms with Gasteiger partial charge in [0.2, 0.25) is 5.91 Å². The molecular formula is C21H27N5O2. The Morgan fingerprint density at radius 1 is 1.07 bits per heavy atom. The minimum absolute atomic E-state index is 0.0161. The van der Waals surface area contributed by atoms with Crippen LogP contribution in [0.5, 0.6) is 0 Å². The lowest BCUT2D eigenvalue weighted by Crippen LogP contribution is -2.35. The average Bonchev–Trinajstić information content (AvgIpc) is 3.06. The maximum absolute atomic E-state index is 12.8. The Morgan fingerprint density at radius 3 is 2.68 bits per heavy atom. The maximum atomic E-state index is 12.8. The van der Waals surface area contributed by atoms with Gasteiger partial charge in [0.1, 0.15) is 12.1 Å². The fourth-order valence-corrected chi connectivity index (χ4v) is 4.02. The minimum Gasteiger partial charge on any atom is -0.354 e. The van der Waals surface area contributed by atoms with E-state index in [9.17, 15) is 9.59 Å². The third-order valence-corrected chi connectivity index (χ3v) is 5.47. The van der Waals surface area contributed by atoms with Gasteiger partial charge in [0.05, 0.1) is 5.52 Å². The van der Waals surface area contributed by atoms with Crippen LogP contribution >= 0.6 is 0 Å². The van der Waals surface area contributed by atoms with Gasteiger partial charge >= 0.3 is 0 Å². The van der Waals surface area contributed by atoms with Crippen molar-refractivity contribution in [2.45, 2.75) is 38.6 Å². The summed E-state index contributed by atoms with van der Waals surface area (Å²) in [6.45, 7) is 3.96. The number of hydrogen-bond donors (Lipinski definition) is 1. The van der Waals surface area contributed by atoms with Crippen LogP contribution in [0.2, 0.25) is 0 Å². The van der Waals surface area contributed by atoms with Crippen LogP contribution in [0.3, 0.4) is 0 Å². The van der Waals surface area contributed by atoms with Crippen molar-refractivity contribution in [3.8, 4) is 0 Å². The Kier molecular flexibility index (Phi) is 5.71. The molecule has 1 amide bonds. The van der Waals surface area contributed by atoms with Crippen LogP contribution < -0.4 is 10.9 Å². The third-order valence-electron chi connectivity index (χ3n) is 5.47. The van der Waals surface area contributed by atoms with Gasteiger partial charge < -0.3 is 14.6 Å². The van der Waals surface area contributed by atoms with Crippen LogP contribution in [0.25, 0.3) is 16.7 Å². The Morgan fingerprint density at radius 2 is 1.86 bits per heavy atom. The summed E-state index contributed by atoms with van der Waals surface area (Å²) in [5.74, 6) is -0.152. The Balaban J connectivity index is 1.40. The summed E-state index contributed by atoms with van der Waals surface area (Å²) < 4.78 is 3.29. The largest absolute Gasteiger partial charge is 0.354 e. The molecule has 1 aliphatic heterocycles. The van der Waals surface area contributed by atoms with Gasteiger partial charge in [0.15, 0.2) is 5.65 Å². The number of fused-ring (bicyclic) bond motifs is 3. The molecule has 0 saturated carbocycles. The quantitative estimate of drug-likeness (QED) is 0.663. The van der Waals surface area contributed by atoms with E-state index in [1.165, 1.54) is 43.3 Å². The number of aromatic nitrogens is 3. The van der Waals surface area contributed by atoms with Crippen molar-refractivity contribution >= 4 is 22.6 Å². The number of carbonyl (C=O) groups excluding carboxylic acids is 1. The van der Waals surface area contributed by atoms with E-state index in [0.29, 0.717) is 17.7 Å². The predicted molar refractivity (Wildman–Crippen MR) is 109 cm³/mol. The molecule has 1 N–H and O–H groups in total. The van der Waals surface area contributed by atoms with Gasteiger partial charge in [-0.2, -0.15) is 0 Å². The molecule has 4 heterocycles. The molecule has 0 atom stereocenters. The van der Waals surface area contributed by atoms with E-state index in [4.69, 9.17) is 0 Å². The zero-order valence-corrected chi connectivity index (χ0v) is 16.1. The molecule has 1 fully saturated rings. The molecule has 1 saturated heterocycles. The van der Waals surface area contributed by atoms with Crippen LogP contribution in [0, 0.1) is 0 Å². The van der Waals surface area contributed by atoms with E-state index in [2.05, 4.69) is 15.2 Å². The van der Waals surface area contributed by atoms with E-state index in [0.717, 1.165) is 18.5 Å². The zero-order valence-electron chi connectivity index (χ0n) is 16.1. The van der Waals surface area contributed by atoms with Crippen LogP contribution in [-0.2, 0) is 11.3 Å². The number of carbonyl (C=O) groups is 1. The number of pyridine rings is 1. The van der Waals surface area contributed by atoms with Gasteiger partial charge in [0, 0.05) is 18.9 Å². The summed E-state index contributed by atoms with van der Waals surface area (Å²) in [6, 6.07) is 7.34. The summed E-state index contributed by atoms with van der Waals surface area (Å²) in [4.78, 5) is 32.1. The molecule has 4 rings (SSSR count). The van der Waals surface area contributed by atoms with Crippen molar-refractivity contribution < 1.29 is 4.79 Å². The molecule has 0 unspecified atom stereocenters. The van der Waals surface area contributed by atoms with E-state index < -0.39 is 0 Å². The molecule has 0 radical (unpaired) electrons. The highest BCUT2D eigenvalue weighted by Gasteiger charge is 2.14. The molecule has 0 aliphatic carbocycles. The Hall–Kier alpha value is -2.67. The van der Waals surface area contributed by atoms with Crippen molar-refractivity contribution in [3.63, 3.8) is 0 Å². The fraction of sp³-hybridized carbons (Fsp3) is 0.476. The maximum Gasteiger partial charge on any atom is 0.276 e. The molecule has 0 aromatic carbocycles. The SMILES string of the molecule is O=C(Cn1c(=O)c2cccn2c2cccnc21)NCCCN1CCCCCC1. The monoisotopic (exact) mass is 381 g/mol. The number of rotatable bonds is 6. The molecule has 7 nitrogen and oxygen atoms in total. The number of hydrogen-bond acceptors (Lipinski definition) is 4. The topological polar surface area (TPSA) is 71.6 Å². The second kappa shape index (κ2) is 8.56. The molecule has 7 heteroatoms. The summed E-state index contributed by atoms with van der Waals surface area (Å²) in [5.41, 5.74) is 1.69. The standard InChI is InChI=1S/C21H27N5O2/c27-19(22-11-7-14-24-12-3-1-2-4-13-24)16-26-20-17(8-5-10-23-20)25-15-6-9-18(25)21(26)28/h5-6,8-10,15H,1-4,7,11-14,16H2,(H,22,27). The number of nitrogens with one attached hydrogen (secondary N) is 1. The molecule has 0 bridgehead atoms. The van der Waals surface area contributed by atoms with Gasteiger partial charge in [-0.05, 0) is 63.2 Å². The molecule has 28 heavy (non-hydrogen) atoms. The predicted octanol–water partition coefficient (Wildman–Crippen LogP) is 2.03. The molecular weight excluding hydrogens is 354 g/mol. The van der Waals surface area contributed by atoms with E-state index in [1.54, 1.807) is 12.3 Å². The van der Waals surface area contributed by atoms with E-state index in [-0.39, 0.29) is 18.0 Å². The second-order valence-electron chi connectivity index (χ2n) is 7.46. The first kappa shape index (κ1) is 18.7. The first-order chi connectivity index (χ1) is 13.7.